The van der Waals surface area contributed by atoms with Crippen LogP contribution in [-0.2, 0) is 6.54 Å². The van der Waals surface area contributed by atoms with E-state index in [-0.39, 0.29) is 6.42 Å². The number of hydrogen-bond acceptors (Lipinski definition) is 5. The van der Waals surface area contributed by atoms with Crippen molar-refractivity contribution in [2.45, 2.75) is 24.9 Å². The Labute approximate surface area is 122 Å². The van der Waals surface area contributed by atoms with Crippen molar-refractivity contribution in [3.05, 3.63) is 35.0 Å². The van der Waals surface area contributed by atoms with Crippen molar-refractivity contribution in [1.82, 2.24) is 29.8 Å². The van der Waals surface area contributed by atoms with Crippen LogP contribution in [0.1, 0.15) is 17.5 Å². The molecule has 0 bridgehead atoms. The SMILES string of the molecule is FC1(F)CC1n1nccc1-c1cn(Cc2nccs2)nn1. The van der Waals surface area contributed by atoms with Crippen molar-refractivity contribution in [2.24, 2.45) is 0 Å². The van der Waals surface area contributed by atoms with Crippen LogP contribution in [0.5, 0.6) is 0 Å². The second-order valence-corrected chi connectivity index (χ2v) is 5.85. The lowest BCUT2D eigenvalue weighted by Gasteiger charge is -2.03. The highest BCUT2D eigenvalue weighted by atomic mass is 32.1. The van der Waals surface area contributed by atoms with E-state index in [1.165, 1.54) is 22.2 Å². The van der Waals surface area contributed by atoms with E-state index in [1.54, 1.807) is 23.1 Å². The molecule has 21 heavy (non-hydrogen) atoms. The molecule has 108 valence electrons. The highest BCUT2D eigenvalue weighted by Crippen LogP contribution is 2.53. The quantitative estimate of drug-likeness (QED) is 0.741. The number of alkyl halides is 2. The van der Waals surface area contributed by atoms with Crippen molar-refractivity contribution in [2.75, 3.05) is 0 Å². The van der Waals surface area contributed by atoms with Gasteiger partial charge in [0.15, 0.2) is 0 Å². The van der Waals surface area contributed by atoms with Gasteiger partial charge in [0.05, 0.1) is 18.4 Å². The molecule has 1 unspecified atom stereocenters. The molecule has 4 rings (SSSR count). The summed E-state index contributed by atoms with van der Waals surface area (Å²) in [6.45, 7) is 0.512. The molecular weight excluding hydrogens is 298 g/mol. The fourth-order valence-electron chi connectivity index (χ4n) is 2.19. The number of rotatable bonds is 4. The zero-order valence-corrected chi connectivity index (χ0v) is 11.5. The standard InChI is InChI=1S/C12H10F2N6S/c13-12(14)5-10(12)20-9(1-2-16-20)8-6-19(18-17-8)7-11-15-3-4-21-11/h1-4,6,10H,5,7H2. The first-order valence-corrected chi connectivity index (χ1v) is 7.22. The molecule has 1 atom stereocenters. The summed E-state index contributed by atoms with van der Waals surface area (Å²) in [7, 11) is 0. The van der Waals surface area contributed by atoms with Crippen molar-refractivity contribution in [3.8, 4) is 11.4 Å². The molecule has 0 N–H and O–H groups in total. The van der Waals surface area contributed by atoms with Gasteiger partial charge < -0.3 is 0 Å². The monoisotopic (exact) mass is 308 g/mol. The maximum Gasteiger partial charge on any atom is 0.272 e. The van der Waals surface area contributed by atoms with Crippen LogP contribution in [0.3, 0.4) is 0 Å². The zero-order chi connectivity index (χ0) is 14.4. The maximum absolute atomic E-state index is 13.2. The van der Waals surface area contributed by atoms with E-state index in [2.05, 4.69) is 20.4 Å². The lowest BCUT2D eigenvalue weighted by molar-refractivity contribution is 0.0986. The Balaban J connectivity index is 1.60. The highest BCUT2D eigenvalue weighted by molar-refractivity contribution is 7.09. The minimum absolute atomic E-state index is 0.172. The van der Waals surface area contributed by atoms with Crippen LogP contribution < -0.4 is 0 Å². The van der Waals surface area contributed by atoms with Crippen LogP contribution in [0.15, 0.2) is 30.0 Å². The normalized spacial score (nSPS) is 19.8. The first-order valence-electron chi connectivity index (χ1n) is 6.34. The predicted molar refractivity (Wildman–Crippen MR) is 71.1 cm³/mol. The molecule has 3 heterocycles. The minimum atomic E-state index is -2.67. The summed E-state index contributed by atoms with van der Waals surface area (Å²) in [5.41, 5.74) is 1.09. The highest BCUT2D eigenvalue weighted by Gasteiger charge is 2.59. The van der Waals surface area contributed by atoms with E-state index in [9.17, 15) is 8.78 Å². The third kappa shape index (κ3) is 2.23. The summed E-state index contributed by atoms with van der Waals surface area (Å²) in [5, 5.41) is 14.8. The predicted octanol–water partition coefficient (Wildman–Crippen LogP) is 2.23. The lowest BCUT2D eigenvalue weighted by atomic mass is 10.3. The summed E-state index contributed by atoms with van der Waals surface area (Å²) in [6.07, 6.45) is 4.77. The van der Waals surface area contributed by atoms with Crippen LogP contribution in [-0.4, -0.2) is 35.7 Å². The van der Waals surface area contributed by atoms with Crippen molar-refractivity contribution in [1.29, 1.82) is 0 Å². The van der Waals surface area contributed by atoms with Gasteiger partial charge in [0, 0.05) is 24.2 Å². The number of aromatic nitrogens is 6. The molecular formula is C12H10F2N6S. The fraction of sp³-hybridized carbons (Fsp3) is 0.333. The van der Waals surface area contributed by atoms with Crippen molar-refractivity contribution in [3.63, 3.8) is 0 Å². The van der Waals surface area contributed by atoms with Crippen LogP contribution in [0.25, 0.3) is 11.4 Å². The Morgan fingerprint density at radius 3 is 2.95 bits per heavy atom. The van der Waals surface area contributed by atoms with E-state index in [0.717, 1.165) is 5.01 Å². The second kappa shape index (κ2) is 4.42. The van der Waals surface area contributed by atoms with Crippen LogP contribution in [0.2, 0.25) is 0 Å². The van der Waals surface area contributed by atoms with Gasteiger partial charge in [-0.15, -0.1) is 16.4 Å². The molecule has 3 aromatic rings. The topological polar surface area (TPSA) is 61.4 Å². The third-order valence-corrected chi connectivity index (χ3v) is 4.10. The Morgan fingerprint density at radius 2 is 2.24 bits per heavy atom. The maximum atomic E-state index is 13.2. The molecule has 6 nitrogen and oxygen atoms in total. The van der Waals surface area contributed by atoms with Gasteiger partial charge in [-0.25, -0.2) is 18.4 Å². The van der Waals surface area contributed by atoms with Gasteiger partial charge in [-0.05, 0) is 6.07 Å². The average Bonchev–Trinajstić information content (AvgIpc) is 3.00. The summed E-state index contributed by atoms with van der Waals surface area (Å²) in [6, 6.07) is 0.804. The molecule has 0 spiro atoms. The third-order valence-electron chi connectivity index (χ3n) is 3.34. The van der Waals surface area contributed by atoms with Gasteiger partial charge in [0.25, 0.3) is 5.92 Å². The molecule has 1 fully saturated rings. The first kappa shape index (κ1) is 12.6. The van der Waals surface area contributed by atoms with Crippen molar-refractivity contribution < 1.29 is 8.78 Å². The number of thiazole rings is 1. The van der Waals surface area contributed by atoms with Gasteiger partial charge in [-0.2, -0.15) is 5.10 Å². The average molecular weight is 308 g/mol. The molecule has 1 aliphatic rings. The Bertz CT molecular complexity index is 762. The smallest absolute Gasteiger partial charge is 0.254 e. The van der Waals surface area contributed by atoms with Gasteiger partial charge in [-0.1, -0.05) is 5.21 Å². The number of halogens is 2. The molecule has 0 saturated heterocycles. The minimum Gasteiger partial charge on any atom is -0.254 e. The Kier molecular flexibility index (Phi) is 2.64. The molecule has 0 aromatic carbocycles. The van der Waals surface area contributed by atoms with E-state index < -0.39 is 12.0 Å². The van der Waals surface area contributed by atoms with Crippen LogP contribution >= 0.6 is 11.3 Å². The van der Waals surface area contributed by atoms with Gasteiger partial charge >= 0.3 is 0 Å². The summed E-state index contributed by atoms with van der Waals surface area (Å²) >= 11 is 1.53. The first-order chi connectivity index (χ1) is 10.1. The molecule has 0 radical (unpaired) electrons. The fourth-order valence-corrected chi connectivity index (χ4v) is 2.80. The van der Waals surface area contributed by atoms with E-state index in [1.807, 2.05) is 5.38 Å². The molecule has 0 amide bonds. The van der Waals surface area contributed by atoms with E-state index >= 15 is 0 Å². The number of hydrogen-bond donors (Lipinski definition) is 0. The largest absolute Gasteiger partial charge is 0.272 e. The Morgan fingerprint density at radius 1 is 1.38 bits per heavy atom. The summed E-state index contributed by atoms with van der Waals surface area (Å²) in [4.78, 5) is 4.17. The van der Waals surface area contributed by atoms with E-state index in [4.69, 9.17) is 0 Å². The molecule has 1 aliphatic carbocycles. The van der Waals surface area contributed by atoms with Gasteiger partial charge in [0.1, 0.15) is 16.7 Å². The zero-order valence-electron chi connectivity index (χ0n) is 10.7. The van der Waals surface area contributed by atoms with Crippen LogP contribution in [0.4, 0.5) is 8.78 Å². The second-order valence-electron chi connectivity index (χ2n) is 4.87. The molecule has 1 saturated carbocycles. The summed E-state index contributed by atoms with van der Waals surface area (Å²) < 4.78 is 29.4. The molecule has 9 heteroatoms. The summed E-state index contributed by atoms with van der Waals surface area (Å²) in [5.74, 6) is -2.67. The Hall–Kier alpha value is -2.16. The van der Waals surface area contributed by atoms with E-state index in [0.29, 0.717) is 17.9 Å². The number of nitrogens with zero attached hydrogens (tertiary/aromatic N) is 6. The molecule has 0 aliphatic heterocycles. The lowest BCUT2D eigenvalue weighted by Crippen LogP contribution is -2.05. The van der Waals surface area contributed by atoms with Gasteiger partial charge in [-0.3, -0.25) is 4.68 Å². The molecule has 3 aromatic heterocycles. The van der Waals surface area contributed by atoms with Gasteiger partial charge in [0.2, 0.25) is 0 Å². The van der Waals surface area contributed by atoms with Crippen molar-refractivity contribution >= 4 is 11.3 Å². The van der Waals surface area contributed by atoms with Crippen LogP contribution in [0, 0.1) is 0 Å².